The van der Waals surface area contributed by atoms with Crippen LogP contribution in [0.4, 0.5) is 4.79 Å². The van der Waals surface area contributed by atoms with Crippen molar-refractivity contribution < 1.29 is 19.1 Å². The number of alkyl carbamates (subject to hydrolysis) is 1. The summed E-state index contributed by atoms with van der Waals surface area (Å²) < 4.78 is 5.51. The molecular weight excluding hydrogens is 490 g/mol. The summed E-state index contributed by atoms with van der Waals surface area (Å²) in [5.41, 5.74) is 2.01. The van der Waals surface area contributed by atoms with Crippen LogP contribution >= 0.6 is 0 Å². The van der Waals surface area contributed by atoms with Gasteiger partial charge in [0.1, 0.15) is 17.7 Å². The van der Waals surface area contributed by atoms with Gasteiger partial charge in [0.25, 0.3) is 0 Å². The summed E-state index contributed by atoms with van der Waals surface area (Å²) >= 11 is 0. The number of carbonyl (C=O) groups excluding carboxylic acids is 3. The fourth-order valence-electron chi connectivity index (χ4n) is 4.31. The Hall–Kier alpha value is -3.35. The standard InChI is InChI=1S/C32H47N3O4/c1-7-9-14-22-35(28(29(36)33-21-10-8-2)26-19-17-24(3)18-20-26)30(37)27(23-25-15-12-11-13-16-25)34-31(38)39-32(4,5)6/h11-13,15-20,27-28H,7-10,14,21-23H2,1-6H3,(H,33,36)(H,34,38). The minimum Gasteiger partial charge on any atom is -0.444 e. The number of nitrogens with one attached hydrogen (secondary N) is 2. The highest BCUT2D eigenvalue weighted by Crippen LogP contribution is 2.25. The zero-order valence-corrected chi connectivity index (χ0v) is 24.6. The van der Waals surface area contributed by atoms with Crippen LogP contribution in [0.2, 0.25) is 0 Å². The Bertz CT molecular complexity index is 1030. The second-order valence-corrected chi connectivity index (χ2v) is 11.1. The van der Waals surface area contributed by atoms with Crippen molar-refractivity contribution in [2.75, 3.05) is 13.1 Å². The average molecular weight is 538 g/mol. The molecule has 0 bridgehead atoms. The van der Waals surface area contributed by atoms with Gasteiger partial charge in [-0.15, -0.1) is 0 Å². The Labute approximate surface area is 234 Å². The number of hydrogen-bond acceptors (Lipinski definition) is 4. The predicted octanol–water partition coefficient (Wildman–Crippen LogP) is 6.11. The van der Waals surface area contributed by atoms with Crippen molar-refractivity contribution in [2.24, 2.45) is 0 Å². The van der Waals surface area contributed by atoms with E-state index in [1.165, 1.54) is 0 Å². The maximum atomic E-state index is 14.3. The van der Waals surface area contributed by atoms with E-state index in [2.05, 4.69) is 24.5 Å². The Morgan fingerprint density at radius 1 is 0.897 bits per heavy atom. The van der Waals surface area contributed by atoms with Gasteiger partial charge >= 0.3 is 6.09 Å². The van der Waals surface area contributed by atoms with Crippen LogP contribution in [0.3, 0.4) is 0 Å². The molecule has 2 aromatic carbocycles. The third kappa shape index (κ3) is 11.1. The number of ether oxygens (including phenoxy) is 1. The fraction of sp³-hybridized carbons (Fsp3) is 0.531. The van der Waals surface area contributed by atoms with Crippen LogP contribution in [0.15, 0.2) is 54.6 Å². The first-order chi connectivity index (χ1) is 18.6. The second-order valence-electron chi connectivity index (χ2n) is 11.1. The molecule has 0 fully saturated rings. The summed E-state index contributed by atoms with van der Waals surface area (Å²) in [6, 6.07) is 15.6. The van der Waals surface area contributed by atoms with Gasteiger partial charge in [-0.05, 0) is 51.7 Å². The van der Waals surface area contributed by atoms with E-state index in [1.807, 2.05) is 61.5 Å². The third-order valence-electron chi connectivity index (χ3n) is 6.34. The van der Waals surface area contributed by atoms with E-state index in [4.69, 9.17) is 4.74 Å². The first kappa shape index (κ1) is 31.9. The Kier molecular flexibility index (Phi) is 13.0. The molecule has 7 heteroatoms. The fourth-order valence-corrected chi connectivity index (χ4v) is 4.31. The average Bonchev–Trinajstić information content (AvgIpc) is 2.88. The lowest BCUT2D eigenvalue weighted by molar-refractivity contribution is -0.142. The molecule has 0 aliphatic carbocycles. The van der Waals surface area contributed by atoms with E-state index in [-0.39, 0.29) is 18.2 Å². The van der Waals surface area contributed by atoms with Gasteiger partial charge in [0.05, 0.1) is 0 Å². The SMILES string of the molecule is CCCCCN(C(=O)C(Cc1ccccc1)NC(=O)OC(C)(C)C)C(C(=O)NCCCC)c1ccc(C)cc1. The third-order valence-corrected chi connectivity index (χ3v) is 6.34. The topological polar surface area (TPSA) is 87.7 Å². The van der Waals surface area contributed by atoms with E-state index in [0.717, 1.165) is 48.8 Å². The monoisotopic (exact) mass is 537 g/mol. The number of hydrogen-bond donors (Lipinski definition) is 2. The van der Waals surface area contributed by atoms with Crippen LogP contribution in [0.1, 0.15) is 89.5 Å². The summed E-state index contributed by atoms with van der Waals surface area (Å²) in [5.74, 6) is -0.523. The summed E-state index contributed by atoms with van der Waals surface area (Å²) in [6.07, 6.45) is 4.07. The first-order valence-electron chi connectivity index (χ1n) is 14.2. The molecule has 2 unspecified atom stereocenters. The quantitative estimate of drug-likeness (QED) is 0.285. The van der Waals surface area contributed by atoms with Gasteiger partial charge in [-0.3, -0.25) is 9.59 Å². The van der Waals surface area contributed by atoms with Gasteiger partial charge in [0.2, 0.25) is 11.8 Å². The molecule has 39 heavy (non-hydrogen) atoms. The highest BCUT2D eigenvalue weighted by molar-refractivity contribution is 5.92. The minimum atomic E-state index is -0.903. The molecule has 0 saturated heterocycles. The van der Waals surface area contributed by atoms with E-state index in [1.54, 1.807) is 25.7 Å². The van der Waals surface area contributed by atoms with E-state index >= 15 is 0 Å². The van der Waals surface area contributed by atoms with Gasteiger partial charge in [0.15, 0.2) is 0 Å². The summed E-state index contributed by atoms with van der Waals surface area (Å²) in [6.45, 7) is 12.4. The molecule has 2 atom stereocenters. The van der Waals surface area contributed by atoms with Crippen molar-refractivity contribution >= 4 is 17.9 Å². The molecule has 0 aliphatic rings. The largest absolute Gasteiger partial charge is 0.444 e. The lowest BCUT2D eigenvalue weighted by atomic mass is 9.99. The highest BCUT2D eigenvalue weighted by Gasteiger charge is 2.36. The number of amides is 3. The zero-order chi connectivity index (χ0) is 28.8. The lowest BCUT2D eigenvalue weighted by Crippen LogP contribution is -2.54. The van der Waals surface area contributed by atoms with Gasteiger partial charge in [0, 0.05) is 19.5 Å². The second kappa shape index (κ2) is 15.9. The molecule has 0 aromatic heterocycles. The number of carbonyl (C=O) groups is 3. The molecule has 2 rings (SSSR count). The van der Waals surface area contributed by atoms with Crippen molar-refractivity contribution in [2.45, 2.75) is 97.8 Å². The molecule has 2 N–H and O–H groups in total. The molecule has 0 saturated carbocycles. The summed E-state index contributed by atoms with van der Waals surface area (Å²) in [4.78, 5) is 42.5. The Morgan fingerprint density at radius 3 is 2.13 bits per heavy atom. The van der Waals surface area contributed by atoms with Gasteiger partial charge in [-0.1, -0.05) is 93.3 Å². The summed E-state index contributed by atoms with van der Waals surface area (Å²) in [7, 11) is 0. The van der Waals surface area contributed by atoms with Crippen molar-refractivity contribution in [3.63, 3.8) is 0 Å². The Morgan fingerprint density at radius 2 is 1.54 bits per heavy atom. The maximum Gasteiger partial charge on any atom is 0.408 e. The number of rotatable bonds is 14. The van der Waals surface area contributed by atoms with Crippen LogP contribution in [-0.2, 0) is 20.7 Å². The van der Waals surface area contributed by atoms with Crippen LogP contribution in [0.25, 0.3) is 0 Å². The number of aryl methyl sites for hydroxylation is 1. The molecule has 0 aliphatic heterocycles. The lowest BCUT2D eigenvalue weighted by Gasteiger charge is -2.34. The van der Waals surface area contributed by atoms with E-state index < -0.39 is 23.8 Å². The van der Waals surface area contributed by atoms with Gasteiger partial charge in [-0.25, -0.2) is 4.79 Å². The van der Waals surface area contributed by atoms with Gasteiger partial charge in [-0.2, -0.15) is 0 Å². The number of nitrogens with zero attached hydrogens (tertiary/aromatic N) is 1. The van der Waals surface area contributed by atoms with Crippen molar-refractivity contribution in [3.05, 3.63) is 71.3 Å². The van der Waals surface area contributed by atoms with Gasteiger partial charge < -0.3 is 20.3 Å². The summed E-state index contributed by atoms with van der Waals surface area (Å²) in [5, 5.41) is 5.85. The molecular formula is C32H47N3O4. The van der Waals surface area contributed by atoms with Crippen LogP contribution in [-0.4, -0.2) is 47.5 Å². The normalized spacial score (nSPS) is 12.8. The van der Waals surface area contributed by atoms with Crippen molar-refractivity contribution in [1.82, 2.24) is 15.5 Å². The molecule has 214 valence electrons. The predicted molar refractivity (Wildman–Crippen MR) is 156 cm³/mol. The van der Waals surface area contributed by atoms with Crippen LogP contribution in [0.5, 0.6) is 0 Å². The van der Waals surface area contributed by atoms with E-state index in [0.29, 0.717) is 13.1 Å². The first-order valence-corrected chi connectivity index (χ1v) is 14.2. The van der Waals surface area contributed by atoms with Crippen LogP contribution in [0, 0.1) is 6.92 Å². The Balaban J connectivity index is 2.50. The molecule has 3 amide bonds. The maximum absolute atomic E-state index is 14.3. The van der Waals surface area contributed by atoms with Crippen LogP contribution < -0.4 is 10.6 Å². The minimum absolute atomic E-state index is 0.215. The van der Waals surface area contributed by atoms with E-state index in [9.17, 15) is 14.4 Å². The highest BCUT2D eigenvalue weighted by atomic mass is 16.6. The van der Waals surface area contributed by atoms with Crippen molar-refractivity contribution in [1.29, 1.82) is 0 Å². The molecule has 7 nitrogen and oxygen atoms in total. The molecule has 0 radical (unpaired) electrons. The number of unbranched alkanes of at least 4 members (excludes halogenated alkanes) is 3. The molecule has 2 aromatic rings. The number of benzene rings is 2. The smallest absolute Gasteiger partial charge is 0.408 e. The molecule has 0 heterocycles. The van der Waals surface area contributed by atoms with Crippen molar-refractivity contribution in [3.8, 4) is 0 Å². The zero-order valence-electron chi connectivity index (χ0n) is 24.6. The molecule has 0 spiro atoms.